The van der Waals surface area contributed by atoms with Gasteiger partial charge in [-0.05, 0) is 96.3 Å². The van der Waals surface area contributed by atoms with Gasteiger partial charge in [0.2, 0.25) is 5.91 Å². The second kappa shape index (κ2) is 47.2. The molecule has 4 nitrogen and oxygen atoms in total. The fourth-order valence-electron chi connectivity index (χ4n) is 6.20. The number of carbonyl (C=O) groups is 1. The van der Waals surface area contributed by atoms with E-state index in [4.69, 9.17) is 0 Å². The van der Waals surface area contributed by atoms with Crippen LogP contribution in [0.3, 0.4) is 0 Å². The van der Waals surface area contributed by atoms with E-state index in [2.05, 4.69) is 129 Å². The second-order valence-corrected chi connectivity index (χ2v) is 15.0. The Morgan fingerprint density at radius 3 is 1.16 bits per heavy atom. The van der Waals surface area contributed by atoms with E-state index in [0.717, 1.165) is 89.9 Å². The lowest BCUT2D eigenvalue weighted by Gasteiger charge is -2.19. The minimum absolute atomic E-state index is 0.0881. The molecule has 322 valence electrons. The summed E-state index contributed by atoms with van der Waals surface area (Å²) in [5, 5.41) is 22.9. The molecule has 0 fully saturated rings. The van der Waals surface area contributed by atoms with Crippen LogP contribution in [0.1, 0.15) is 187 Å². The molecule has 0 aliphatic carbocycles. The second-order valence-electron chi connectivity index (χ2n) is 15.0. The molecular weight excluding hydrogens is 699 g/mol. The van der Waals surface area contributed by atoms with Gasteiger partial charge in [-0.2, -0.15) is 0 Å². The van der Waals surface area contributed by atoms with Crippen LogP contribution in [0.15, 0.2) is 122 Å². The highest BCUT2D eigenvalue weighted by Gasteiger charge is 2.17. The molecule has 0 saturated heterocycles. The van der Waals surface area contributed by atoms with Crippen LogP contribution < -0.4 is 5.32 Å². The Morgan fingerprint density at radius 1 is 0.421 bits per heavy atom. The number of hydrogen-bond donors (Lipinski definition) is 3. The van der Waals surface area contributed by atoms with E-state index >= 15 is 0 Å². The van der Waals surface area contributed by atoms with Crippen LogP contribution in [-0.2, 0) is 4.79 Å². The number of amides is 1. The molecule has 0 aliphatic rings. The van der Waals surface area contributed by atoms with Gasteiger partial charge in [-0.1, -0.05) is 206 Å². The Kier molecular flexibility index (Phi) is 44.5. The van der Waals surface area contributed by atoms with Gasteiger partial charge in [-0.25, -0.2) is 0 Å². The monoisotopic (exact) mass is 786 g/mol. The molecule has 0 rings (SSSR count). The zero-order valence-corrected chi connectivity index (χ0v) is 36.8. The highest BCUT2D eigenvalue weighted by Crippen LogP contribution is 2.14. The first-order chi connectivity index (χ1) is 28.2. The Bertz CT molecular complexity index is 1160. The molecule has 0 aromatic rings. The number of hydrogen-bond acceptors (Lipinski definition) is 3. The van der Waals surface area contributed by atoms with Gasteiger partial charge in [0, 0.05) is 6.42 Å². The van der Waals surface area contributed by atoms with Crippen LogP contribution in [0, 0.1) is 0 Å². The summed E-state index contributed by atoms with van der Waals surface area (Å²) in [6, 6.07) is -0.651. The van der Waals surface area contributed by atoms with Crippen LogP contribution in [0.5, 0.6) is 0 Å². The molecule has 0 radical (unpaired) electrons. The summed E-state index contributed by atoms with van der Waals surface area (Å²) in [5.74, 6) is -0.0881. The number of aliphatic hydroxyl groups excluding tert-OH is 2. The maximum absolute atomic E-state index is 12.4. The Labute approximate surface area is 352 Å². The summed E-state index contributed by atoms with van der Waals surface area (Å²) in [4.78, 5) is 12.4. The third kappa shape index (κ3) is 43.8. The number of nitrogens with one attached hydrogen (secondary N) is 1. The predicted molar refractivity (Wildman–Crippen MR) is 252 cm³/mol. The van der Waals surface area contributed by atoms with E-state index in [-0.39, 0.29) is 12.5 Å². The molecule has 0 spiro atoms. The van der Waals surface area contributed by atoms with Gasteiger partial charge in [0.15, 0.2) is 0 Å². The molecule has 0 aliphatic heterocycles. The van der Waals surface area contributed by atoms with E-state index in [9.17, 15) is 15.0 Å². The van der Waals surface area contributed by atoms with Crippen molar-refractivity contribution in [1.29, 1.82) is 0 Å². The van der Waals surface area contributed by atoms with E-state index in [1.54, 1.807) is 6.08 Å². The normalized spacial score (nSPS) is 14.1. The van der Waals surface area contributed by atoms with Crippen molar-refractivity contribution in [2.24, 2.45) is 0 Å². The van der Waals surface area contributed by atoms with Gasteiger partial charge in [0.05, 0.1) is 18.8 Å². The first-order valence-electron chi connectivity index (χ1n) is 23.2. The zero-order chi connectivity index (χ0) is 41.4. The van der Waals surface area contributed by atoms with E-state index < -0.39 is 12.1 Å². The Hall–Kier alpha value is -3.21. The topological polar surface area (TPSA) is 69.6 Å². The SMILES string of the molecule is CC/C=C\C/C=C\C/C=C\C/C=C\C/C=C\C/C=C\C/C=C\CCCCCCCCCCCCCCCC(=O)NC(CO)C(O)/C=C/CC/C=C/CC/C=C/CC. The van der Waals surface area contributed by atoms with Crippen molar-refractivity contribution in [2.75, 3.05) is 6.61 Å². The maximum atomic E-state index is 12.4. The summed E-state index contributed by atoms with van der Waals surface area (Å²) in [6.45, 7) is 4.04. The molecule has 2 unspecified atom stereocenters. The van der Waals surface area contributed by atoms with Gasteiger partial charge in [0.25, 0.3) is 0 Å². The van der Waals surface area contributed by atoms with Crippen LogP contribution >= 0.6 is 0 Å². The maximum Gasteiger partial charge on any atom is 0.220 e. The van der Waals surface area contributed by atoms with Crippen molar-refractivity contribution in [3.05, 3.63) is 122 Å². The highest BCUT2D eigenvalue weighted by atomic mass is 16.3. The lowest BCUT2D eigenvalue weighted by molar-refractivity contribution is -0.123. The summed E-state index contributed by atoms with van der Waals surface area (Å²) in [7, 11) is 0. The van der Waals surface area contributed by atoms with Gasteiger partial charge >= 0.3 is 0 Å². The van der Waals surface area contributed by atoms with Crippen molar-refractivity contribution in [2.45, 2.75) is 199 Å². The molecule has 4 heteroatoms. The fourth-order valence-corrected chi connectivity index (χ4v) is 6.20. The fraction of sp³-hybridized carbons (Fsp3) is 0.604. The average molecular weight is 786 g/mol. The van der Waals surface area contributed by atoms with Crippen molar-refractivity contribution in [1.82, 2.24) is 5.32 Å². The molecule has 2 atom stereocenters. The molecule has 0 bridgehead atoms. The Morgan fingerprint density at radius 2 is 0.737 bits per heavy atom. The number of unbranched alkanes of at least 4 members (excludes halogenated alkanes) is 15. The molecule has 0 saturated carbocycles. The quantitative estimate of drug-likeness (QED) is 0.0428. The van der Waals surface area contributed by atoms with Gasteiger partial charge in [-0.15, -0.1) is 0 Å². The lowest BCUT2D eigenvalue weighted by Crippen LogP contribution is -2.45. The zero-order valence-electron chi connectivity index (χ0n) is 36.8. The standard InChI is InChI=1S/C53H87NO3/c1-3-5-7-9-11-13-15-16-17-18-19-20-21-22-23-24-25-26-27-28-29-30-31-32-33-34-35-36-37-38-39-41-43-45-47-49-53(57)54-51(50-55)52(56)48-46-44-42-40-14-12-10-8-6-4-2/h5-8,11,13-14,16-17,19-20,22-23,25-26,28-29,40,46,48,51-52,55-56H,3-4,9-10,12,15,18,21,24,27,30-39,41-45,47,49-50H2,1-2H3,(H,54,57)/b7-5-,8-6+,13-11-,17-16-,20-19-,23-22-,26-25-,29-28-,40-14+,48-46+. The molecule has 57 heavy (non-hydrogen) atoms. The average Bonchev–Trinajstić information content (AvgIpc) is 3.22. The smallest absolute Gasteiger partial charge is 0.220 e. The minimum atomic E-state index is -0.875. The van der Waals surface area contributed by atoms with Crippen LogP contribution in [0.25, 0.3) is 0 Å². The number of allylic oxidation sites excluding steroid dienone is 19. The molecular formula is C53H87NO3. The van der Waals surface area contributed by atoms with E-state index in [1.807, 2.05) is 6.08 Å². The van der Waals surface area contributed by atoms with E-state index in [0.29, 0.717) is 6.42 Å². The van der Waals surface area contributed by atoms with Crippen LogP contribution in [0.4, 0.5) is 0 Å². The van der Waals surface area contributed by atoms with Crippen molar-refractivity contribution in [3.63, 3.8) is 0 Å². The van der Waals surface area contributed by atoms with Crippen molar-refractivity contribution < 1.29 is 15.0 Å². The number of carbonyl (C=O) groups excluding carboxylic acids is 1. The van der Waals surface area contributed by atoms with Crippen LogP contribution in [-0.4, -0.2) is 34.9 Å². The lowest BCUT2D eigenvalue weighted by atomic mass is 10.0. The number of aliphatic hydroxyl groups is 2. The van der Waals surface area contributed by atoms with Gasteiger partial charge in [-0.3, -0.25) is 4.79 Å². The molecule has 0 aromatic heterocycles. The summed E-state index contributed by atoms with van der Waals surface area (Å²) < 4.78 is 0. The van der Waals surface area contributed by atoms with Gasteiger partial charge < -0.3 is 15.5 Å². The summed E-state index contributed by atoms with van der Waals surface area (Å²) >= 11 is 0. The van der Waals surface area contributed by atoms with Gasteiger partial charge in [0.1, 0.15) is 0 Å². The molecule has 1 amide bonds. The molecule has 0 aromatic carbocycles. The van der Waals surface area contributed by atoms with Crippen LogP contribution in [0.2, 0.25) is 0 Å². The first-order valence-corrected chi connectivity index (χ1v) is 23.2. The highest BCUT2D eigenvalue weighted by molar-refractivity contribution is 5.76. The van der Waals surface area contributed by atoms with E-state index in [1.165, 1.54) is 77.0 Å². The summed E-state index contributed by atoms with van der Waals surface area (Å²) in [5.41, 5.74) is 0. The van der Waals surface area contributed by atoms with Crippen molar-refractivity contribution >= 4 is 5.91 Å². The first kappa shape index (κ1) is 53.8. The third-order valence-electron chi connectivity index (χ3n) is 9.67. The third-order valence-corrected chi connectivity index (χ3v) is 9.67. The number of rotatable bonds is 40. The van der Waals surface area contributed by atoms with Crippen molar-refractivity contribution in [3.8, 4) is 0 Å². The summed E-state index contributed by atoms with van der Waals surface area (Å²) in [6.07, 6.45) is 73.3. The minimum Gasteiger partial charge on any atom is -0.394 e. The molecule has 3 N–H and O–H groups in total. The largest absolute Gasteiger partial charge is 0.394 e. The Balaban J connectivity index is 3.57. The molecule has 0 heterocycles. The predicted octanol–water partition coefficient (Wildman–Crippen LogP) is 15.0.